The fourth-order valence-corrected chi connectivity index (χ4v) is 0.845. The van der Waals surface area contributed by atoms with Gasteiger partial charge < -0.3 is 14.6 Å². The summed E-state index contributed by atoms with van der Waals surface area (Å²) in [6, 6.07) is 8.95. The van der Waals surface area contributed by atoms with Gasteiger partial charge in [-0.15, -0.1) is 0 Å². The van der Waals surface area contributed by atoms with E-state index >= 15 is 0 Å². The molecule has 5 heteroatoms. The van der Waals surface area contributed by atoms with Gasteiger partial charge in [-0.25, -0.2) is 0 Å². The van der Waals surface area contributed by atoms with E-state index < -0.39 is 12.1 Å². The zero-order valence-corrected chi connectivity index (χ0v) is 10.2. The van der Waals surface area contributed by atoms with Crippen LogP contribution in [0.2, 0.25) is 0 Å². The molecule has 4 nitrogen and oxygen atoms in total. The van der Waals surface area contributed by atoms with E-state index in [2.05, 4.69) is 4.74 Å². The molecule has 1 rings (SSSR count). The quantitative estimate of drug-likeness (QED) is 0.238. The number of rotatable bonds is 2. The van der Waals surface area contributed by atoms with Gasteiger partial charge in [-0.2, -0.15) is 0 Å². The Morgan fingerprint density at radius 1 is 1.20 bits per heavy atom. The van der Waals surface area contributed by atoms with Crippen molar-refractivity contribution in [1.29, 1.82) is 0 Å². The van der Waals surface area contributed by atoms with Crippen LogP contribution in [-0.4, -0.2) is 12.1 Å². The van der Waals surface area contributed by atoms with Gasteiger partial charge in [0.25, 0.3) is 12.1 Å². The van der Waals surface area contributed by atoms with E-state index in [1.54, 1.807) is 24.3 Å². The largest absolute Gasteiger partial charge is 1.00 e. The second-order valence-electron chi connectivity index (χ2n) is 2.42. The Bertz CT molecular complexity index is 359. The smallest absolute Gasteiger partial charge is 0.481 e. The van der Waals surface area contributed by atoms with E-state index in [1.807, 2.05) is 6.07 Å². The van der Waals surface area contributed by atoms with Crippen molar-refractivity contribution in [3.05, 3.63) is 42.0 Å². The normalized spacial score (nSPS) is 9.33. The maximum atomic E-state index is 10.7. The number of carbonyl (C=O) groups excluding carboxylic acids is 2. The van der Waals surface area contributed by atoms with E-state index in [0.717, 1.165) is 11.6 Å². The topological polar surface area (TPSA) is 66.4 Å². The Kier molecular flexibility index (Phi) is 6.70. The number of carbonyl (C=O) groups is 2. The molecular formula is C10H7NaO4. The van der Waals surface area contributed by atoms with Crippen molar-refractivity contribution in [2.75, 3.05) is 0 Å². The molecule has 0 spiro atoms. The van der Waals surface area contributed by atoms with Gasteiger partial charge in [0, 0.05) is 6.08 Å². The molecule has 0 aliphatic rings. The molecule has 0 aromatic heterocycles. The van der Waals surface area contributed by atoms with Crippen molar-refractivity contribution in [2.24, 2.45) is 0 Å². The maximum absolute atomic E-state index is 10.7. The molecule has 0 amide bonds. The van der Waals surface area contributed by atoms with Crippen molar-refractivity contribution in [3.63, 3.8) is 0 Å². The number of benzene rings is 1. The van der Waals surface area contributed by atoms with Gasteiger partial charge in [0.05, 0.1) is 0 Å². The van der Waals surface area contributed by atoms with Crippen molar-refractivity contribution in [3.8, 4) is 0 Å². The van der Waals surface area contributed by atoms with Crippen LogP contribution in [0.25, 0.3) is 6.08 Å². The van der Waals surface area contributed by atoms with Gasteiger partial charge in [0.1, 0.15) is 0 Å². The molecule has 0 unspecified atom stereocenters. The van der Waals surface area contributed by atoms with Gasteiger partial charge in [-0.1, -0.05) is 30.3 Å². The monoisotopic (exact) mass is 214 g/mol. The predicted octanol–water partition coefficient (Wildman–Crippen LogP) is -2.41. The number of hydrogen-bond donors (Lipinski definition) is 0. The first-order valence-corrected chi connectivity index (χ1v) is 3.84. The SMILES string of the molecule is O=C([O-])OC(=O)/C=C/c1ccccc1.[Na+]. The summed E-state index contributed by atoms with van der Waals surface area (Å²) >= 11 is 0. The van der Waals surface area contributed by atoms with Gasteiger partial charge in [0.15, 0.2) is 0 Å². The zero-order valence-electron chi connectivity index (χ0n) is 8.17. The third kappa shape index (κ3) is 6.06. The van der Waals surface area contributed by atoms with Crippen LogP contribution in [0.5, 0.6) is 0 Å². The third-order valence-electron chi connectivity index (χ3n) is 1.40. The van der Waals surface area contributed by atoms with E-state index in [0.29, 0.717) is 0 Å². The number of esters is 1. The fourth-order valence-electron chi connectivity index (χ4n) is 0.845. The van der Waals surface area contributed by atoms with Crippen molar-refractivity contribution in [1.82, 2.24) is 0 Å². The molecule has 0 saturated heterocycles. The zero-order chi connectivity index (χ0) is 10.4. The fraction of sp³-hybridized carbons (Fsp3) is 0. The molecule has 0 fully saturated rings. The molecule has 0 N–H and O–H groups in total. The number of carboxylic acid groups (broad SMARTS) is 1. The molecule has 0 aliphatic heterocycles. The second-order valence-corrected chi connectivity index (χ2v) is 2.42. The summed E-state index contributed by atoms with van der Waals surface area (Å²) in [7, 11) is 0. The van der Waals surface area contributed by atoms with Gasteiger partial charge in [-0.3, -0.25) is 4.79 Å². The van der Waals surface area contributed by atoms with Gasteiger partial charge in [-0.05, 0) is 11.6 Å². The summed E-state index contributed by atoms with van der Waals surface area (Å²) in [5, 5.41) is 9.83. The van der Waals surface area contributed by atoms with Crippen LogP contribution in [0.15, 0.2) is 36.4 Å². The Hall–Kier alpha value is -1.10. The third-order valence-corrected chi connectivity index (χ3v) is 1.40. The van der Waals surface area contributed by atoms with Crippen LogP contribution < -0.4 is 34.7 Å². The number of hydrogen-bond acceptors (Lipinski definition) is 4. The number of ether oxygens (including phenoxy) is 1. The van der Waals surface area contributed by atoms with E-state index in [4.69, 9.17) is 0 Å². The van der Waals surface area contributed by atoms with Gasteiger partial charge >= 0.3 is 29.6 Å². The second kappa shape index (κ2) is 7.23. The summed E-state index contributed by atoms with van der Waals surface area (Å²) in [5.74, 6) is -0.964. The maximum Gasteiger partial charge on any atom is 1.00 e. The van der Waals surface area contributed by atoms with Crippen LogP contribution >= 0.6 is 0 Å². The molecule has 0 heterocycles. The van der Waals surface area contributed by atoms with Crippen molar-refractivity contribution in [2.45, 2.75) is 0 Å². The molecule has 1 aromatic carbocycles. The Labute approximate surface area is 109 Å². The van der Waals surface area contributed by atoms with Crippen molar-refractivity contribution >= 4 is 18.2 Å². The Morgan fingerprint density at radius 2 is 1.80 bits per heavy atom. The van der Waals surface area contributed by atoms with E-state index in [9.17, 15) is 14.7 Å². The minimum Gasteiger partial charge on any atom is -0.481 e. The minimum absolute atomic E-state index is 0. The average molecular weight is 214 g/mol. The average Bonchev–Trinajstić information content (AvgIpc) is 2.15. The standard InChI is InChI=1S/C10H8O4.Na/c11-9(14-10(12)13)7-6-8-4-2-1-3-5-8;/h1-7H,(H,12,13);/q;+1/p-1/b7-6+;. The molecule has 0 atom stereocenters. The predicted molar refractivity (Wildman–Crippen MR) is 47.0 cm³/mol. The van der Waals surface area contributed by atoms with E-state index in [1.165, 1.54) is 6.08 Å². The van der Waals surface area contributed by atoms with Crippen LogP contribution in [0.1, 0.15) is 5.56 Å². The summed E-state index contributed by atoms with van der Waals surface area (Å²) in [6.45, 7) is 0. The Morgan fingerprint density at radius 3 is 2.33 bits per heavy atom. The minimum atomic E-state index is -1.85. The molecule has 0 bridgehead atoms. The summed E-state index contributed by atoms with van der Waals surface area (Å²) in [5.41, 5.74) is 0.780. The molecule has 1 aromatic rings. The van der Waals surface area contributed by atoms with Crippen LogP contribution in [-0.2, 0) is 9.53 Å². The molecule has 0 aliphatic carbocycles. The van der Waals surface area contributed by atoms with Crippen LogP contribution in [0, 0.1) is 0 Å². The van der Waals surface area contributed by atoms with Gasteiger partial charge in [0.2, 0.25) is 0 Å². The first-order valence-electron chi connectivity index (χ1n) is 3.84. The summed E-state index contributed by atoms with van der Waals surface area (Å²) in [4.78, 5) is 20.5. The summed E-state index contributed by atoms with van der Waals surface area (Å²) in [6.07, 6.45) is 0.615. The first-order chi connectivity index (χ1) is 6.68. The first kappa shape index (κ1) is 13.9. The molecule has 0 radical (unpaired) electrons. The van der Waals surface area contributed by atoms with Crippen molar-refractivity contribution < 1.29 is 49.0 Å². The van der Waals surface area contributed by atoms with Crippen LogP contribution in [0.3, 0.4) is 0 Å². The molecule has 15 heavy (non-hydrogen) atoms. The Balaban J connectivity index is 0.00000196. The summed E-state index contributed by atoms with van der Waals surface area (Å²) < 4.78 is 3.75. The molecular weight excluding hydrogens is 207 g/mol. The van der Waals surface area contributed by atoms with Crippen LogP contribution in [0.4, 0.5) is 4.79 Å². The van der Waals surface area contributed by atoms with E-state index in [-0.39, 0.29) is 29.6 Å². The molecule has 72 valence electrons. The molecule has 0 saturated carbocycles.